The first-order valence-electron chi connectivity index (χ1n) is 12.4. The molecule has 1 aromatic heterocycles. The summed E-state index contributed by atoms with van der Waals surface area (Å²) in [5.74, 6) is 2.88. The number of nitrogens with zero attached hydrogens (tertiary/aromatic N) is 3. The van der Waals surface area contributed by atoms with Crippen LogP contribution in [0.2, 0.25) is 0 Å². The van der Waals surface area contributed by atoms with Crippen LogP contribution in [0.25, 0.3) is 10.8 Å². The molecule has 4 aromatic rings. The lowest BCUT2D eigenvalue weighted by Gasteiger charge is -2.37. The Labute approximate surface area is 215 Å². The highest BCUT2D eigenvalue weighted by Gasteiger charge is 2.23. The quantitative estimate of drug-likeness (QED) is 0.433. The maximum absolute atomic E-state index is 13.3. The lowest BCUT2D eigenvalue weighted by atomic mass is 10.1. The van der Waals surface area contributed by atoms with Gasteiger partial charge in [-0.2, -0.15) is 0 Å². The van der Waals surface area contributed by atoms with Gasteiger partial charge >= 0.3 is 0 Å². The van der Waals surface area contributed by atoms with Gasteiger partial charge < -0.3 is 29.3 Å². The summed E-state index contributed by atoms with van der Waals surface area (Å²) >= 11 is 0. The second-order valence-corrected chi connectivity index (χ2v) is 9.00. The molecule has 3 aromatic carbocycles. The van der Waals surface area contributed by atoms with Crippen LogP contribution in [0.4, 0.5) is 17.2 Å². The fraction of sp³-hybridized carbons (Fsp3) is 0.241. The third-order valence-electron chi connectivity index (χ3n) is 6.82. The number of nitrogens with one attached hydrogen (secondary N) is 1. The molecule has 0 saturated carbocycles. The van der Waals surface area contributed by atoms with E-state index in [4.69, 9.17) is 19.2 Å². The van der Waals surface area contributed by atoms with Gasteiger partial charge in [-0.05, 0) is 29.7 Å². The van der Waals surface area contributed by atoms with E-state index < -0.39 is 0 Å². The van der Waals surface area contributed by atoms with E-state index >= 15 is 0 Å². The van der Waals surface area contributed by atoms with Crippen LogP contribution in [-0.2, 0) is 0 Å². The number of pyridine rings is 1. The van der Waals surface area contributed by atoms with Crippen molar-refractivity contribution >= 4 is 33.9 Å². The van der Waals surface area contributed by atoms with Gasteiger partial charge in [0.25, 0.3) is 5.91 Å². The highest BCUT2D eigenvalue weighted by molar-refractivity contribution is 6.14. The SMILES string of the molecule is COc1ccccc1N1CCN(c2ncc(C(=O)Nc3ccc4c(c3)OCCO4)c3ccccc23)CC1. The van der Waals surface area contributed by atoms with Crippen molar-refractivity contribution in [3.05, 3.63) is 78.5 Å². The van der Waals surface area contributed by atoms with E-state index in [1.165, 1.54) is 0 Å². The molecule has 0 unspecified atom stereocenters. The molecule has 8 nitrogen and oxygen atoms in total. The van der Waals surface area contributed by atoms with Crippen molar-refractivity contribution in [3.63, 3.8) is 0 Å². The van der Waals surface area contributed by atoms with Crippen molar-refractivity contribution in [2.75, 3.05) is 61.6 Å². The number of amides is 1. The number of ether oxygens (including phenoxy) is 3. The molecule has 0 atom stereocenters. The number of para-hydroxylation sites is 2. The number of anilines is 3. The highest BCUT2D eigenvalue weighted by atomic mass is 16.6. The van der Waals surface area contributed by atoms with Gasteiger partial charge in [0.1, 0.15) is 24.8 Å². The number of benzene rings is 3. The van der Waals surface area contributed by atoms with Crippen molar-refractivity contribution in [1.82, 2.24) is 4.98 Å². The van der Waals surface area contributed by atoms with E-state index in [1.54, 1.807) is 19.4 Å². The average molecular weight is 497 g/mol. The van der Waals surface area contributed by atoms with Crippen molar-refractivity contribution in [2.45, 2.75) is 0 Å². The Morgan fingerprint density at radius 1 is 0.865 bits per heavy atom. The Hall–Kier alpha value is -4.46. The Balaban J connectivity index is 1.23. The largest absolute Gasteiger partial charge is 0.495 e. The molecule has 0 bridgehead atoms. The number of carbonyl (C=O) groups excluding carboxylic acids is 1. The van der Waals surface area contributed by atoms with Crippen LogP contribution in [-0.4, -0.2) is 57.4 Å². The van der Waals surface area contributed by atoms with E-state index in [1.807, 2.05) is 54.6 Å². The monoisotopic (exact) mass is 496 g/mol. The van der Waals surface area contributed by atoms with Gasteiger partial charge in [-0.1, -0.05) is 36.4 Å². The van der Waals surface area contributed by atoms with Gasteiger partial charge in [-0.3, -0.25) is 4.79 Å². The van der Waals surface area contributed by atoms with E-state index in [0.29, 0.717) is 36.0 Å². The Kier molecular flexibility index (Phi) is 6.14. The predicted molar refractivity (Wildman–Crippen MR) is 145 cm³/mol. The molecule has 0 spiro atoms. The fourth-order valence-corrected chi connectivity index (χ4v) is 4.98. The molecule has 0 radical (unpaired) electrons. The summed E-state index contributed by atoms with van der Waals surface area (Å²) < 4.78 is 16.8. The third kappa shape index (κ3) is 4.46. The van der Waals surface area contributed by atoms with Gasteiger partial charge in [0.05, 0.1) is 18.4 Å². The van der Waals surface area contributed by atoms with Crippen LogP contribution >= 0.6 is 0 Å². The van der Waals surface area contributed by atoms with Gasteiger partial charge in [0, 0.05) is 49.5 Å². The van der Waals surface area contributed by atoms with Crippen LogP contribution < -0.4 is 29.3 Å². The minimum atomic E-state index is -0.215. The summed E-state index contributed by atoms with van der Waals surface area (Å²) in [6.45, 7) is 4.35. The van der Waals surface area contributed by atoms with Crippen LogP contribution in [0.5, 0.6) is 17.2 Å². The topological polar surface area (TPSA) is 76.2 Å². The zero-order valence-electron chi connectivity index (χ0n) is 20.6. The molecule has 0 aliphatic carbocycles. The Morgan fingerprint density at radius 3 is 2.38 bits per heavy atom. The van der Waals surface area contributed by atoms with Crippen molar-refractivity contribution in [2.24, 2.45) is 0 Å². The van der Waals surface area contributed by atoms with Gasteiger partial charge in [0.15, 0.2) is 11.5 Å². The minimum Gasteiger partial charge on any atom is -0.495 e. The first-order valence-corrected chi connectivity index (χ1v) is 12.4. The number of methoxy groups -OCH3 is 1. The molecule has 3 heterocycles. The molecule has 2 aliphatic rings. The molecule has 37 heavy (non-hydrogen) atoms. The highest BCUT2D eigenvalue weighted by Crippen LogP contribution is 2.34. The number of hydrogen-bond acceptors (Lipinski definition) is 7. The van der Waals surface area contributed by atoms with E-state index in [2.05, 4.69) is 21.2 Å². The summed E-state index contributed by atoms with van der Waals surface area (Å²) in [4.78, 5) is 22.7. The molecule has 1 amide bonds. The number of rotatable bonds is 5. The van der Waals surface area contributed by atoms with Crippen molar-refractivity contribution < 1.29 is 19.0 Å². The fourth-order valence-electron chi connectivity index (χ4n) is 4.98. The molecule has 1 saturated heterocycles. The van der Waals surface area contributed by atoms with Gasteiger partial charge in [-0.15, -0.1) is 0 Å². The lowest BCUT2D eigenvalue weighted by molar-refractivity contribution is 0.102. The van der Waals surface area contributed by atoms with Crippen LogP contribution in [0.1, 0.15) is 10.4 Å². The summed E-state index contributed by atoms with van der Waals surface area (Å²) in [6.07, 6.45) is 1.68. The zero-order chi connectivity index (χ0) is 25.2. The van der Waals surface area contributed by atoms with E-state index in [9.17, 15) is 4.79 Å². The molecular weight excluding hydrogens is 468 g/mol. The number of aromatic nitrogens is 1. The number of carbonyl (C=O) groups is 1. The first kappa shape index (κ1) is 23.0. The number of hydrogen-bond donors (Lipinski definition) is 1. The van der Waals surface area contributed by atoms with E-state index in [-0.39, 0.29) is 5.91 Å². The zero-order valence-corrected chi connectivity index (χ0v) is 20.6. The molecule has 2 aliphatic heterocycles. The predicted octanol–water partition coefficient (Wildman–Crippen LogP) is 4.59. The normalized spacial score (nSPS) is 14.9. The Morgan fingerprint density at radius 2 is 1.57 bits per heavy atom. The van der Waals surface area contributed by atoms with Crippen molar-refractivity contribution in [1.29, 1.82) is 0 Å². The minimum absolute atomic E-state index is 0.215. The summed E-state index contributed by atoms with van der Waals surface area (Å²) in [6, 6.07) is 21.5. The molecule has 1 N–H and O–H groups in total. The summed E-state index contributed by atoms with van der Waals surface area (Å²) in [5, 5.41) is 4.82. The lowest BCUT2D eigenvalue weighted by Crippen LogP contribution is -2.47. The van der Waals surface area contributed by atoms with Crippen LogP contribution in [0, 0.1) is 0 Å². The number of fused-ring (bicyclic) bond motifs is 2. The van der Waals surface area contributed by atoms with Crippen LogP contribution in [0.3, 0.4) is 0 Å². The second kappa shape index (κ2) is 9.89. The average Bonchev–Trinajstić information content (AvgIpc) is 2.96. The molecule has 8 heteroatoms. The second-order valence-electron chi connectivity index (χ2n) is 9.00. The first-order chi connectivity index (χ1) is 18.2. The third-order valence-corrected chi connectivity index (χ3v) is 6.82. The van der Waals surface area contributed by atoms with Crippen molar-refractivity contribution in [3.8, 4) is 17.2 Å². The molecule has 1 fully saturated rings. The summed E-state index contributed by atoms with van der Waals surface area (Å²) in [5.41, 5.74) is 2.28. The molecule has 6 rings (SSSR count). The van der Waals surface area contributed by atoms with Gasteiger partial charge in [-0.25, -0.2) is 4.98 Å². The molecular formula is C29H28N4O4. The maximum Gasteiger partial charge on any atom is 0.257 e. The maximum atomic E-state index is 13.3. The Bertz CT molecular complexity index is 1450. The molecule has 188 valence electrons. The standard InChI is InChI=1S/C29H28N4O4/c1-35-25-9-5-4-8-24(25)32-12-14-33(15-13-32)28-22-7-3-2-6-21(22)23(19-30-28)29(34)31-20-10-11-26-27(18-20)37-17-16-36-26/h2-11,18-19H,12-17H2,1H3,(H,31,34). The van der Waals surface area contributed by atoms with Crippen LogP contribution in [0.15, 0.2) is 72.9 Å². The number of piperazine rings is 1. The summed E-state index contributed by atoms with van der Waals surface area (Å²) in [7, 11) is 1.70. The van der Waals surface area contributed by atoms with Gasteiger partial charge in [0.2, 0.25) is 0 Å². The smallest absolute Gasteiger partial charge is 0.257 e. The van der Waals surface area contributed by atoms with E-state index in [0.717, 1.165) is 54.2 Å².